The highest BCUT2D eigenvalue weighted by Crippen LogP contribution is 2.41. The van der Waals surface area contributed by atoms with Crippen LogP contribution in [0.3, 0.4) is 0 Å². The van der Waals surface area contributed by atoms with Gasteiger partial charge in [-0.15, -0.1) is 0 Å². The number of hydrogen-bond donors (Lipinski definition) is 0. The summed E-state index contributed by atoms with van der Waals surface area (Å²) in [5.41, 5.74) is 17.7. The molecule has 0 saturated heterocycles. The molecule has 0 spiro atoms. The van der Waals surface area contributed by atoms with Crippen LogP contribution in [0.5, 0.6) is 0 Å². The van der Waals surface area contributed by atoms with Crippen molar-refractivity contribution in [3.63, 3.8) is 0 Å². The van der Waals surface area contributed by atoms with Crippen LogP contribution >= 0.6 is 0 Å². The highest BCUT2D eigenvalue weighted by Gasteiger charge is 2.22. The number of hydrogen-bond acceptors (Lipinski definition) is 4. The van der Waals surface area contributed by atoms with Crippen LogP contribution < -0.4 is 0 Å². The van der Waals surface area contributed by atoms with E-state index in [1.54, 1.807) is 0 Å². The first-order valence-electron chi connectivity index (χ1n) is 17.2. The van der Waals surface area contributed by atoms with Crippen molar-refractivity contribution in [2.24, 2.45) is 0 Å². The largest absolute Gasteiger partial charge is 0.456 e. The molecule has 51 heavy (non-hydrogen) atoms. The summed E-state index contributed by atoms with van der Waals surface area (Å²) in [6.45, 7) is 6.49. The molecule has 4 aromatic carbocycles. The SMILES string of the molecule is Cc1cc(C)c(-c2c3nc(c(-c4ccccc4)c4ccc(o4)c(-c4ccccc4)c4ccc(o4)c(-c4ccccc4)c4nc2C=C4)C=C3)c(C)c1. The van der Waals surface area contributed by atoms with Gasteiger partial charge in [-0.2, -0.15) is 0 Å². The maximum Gasteiger partial charge on any atom is 0.139 e. The van der Waals surface area contributed by atoms with Crippen molar-refractivity contribution in [2.75, 3.05) is 0 Å². The van der Waals surface area contributed by atoms with Gasteiger partial charge in [0, 0.05) is 5.56 Å². The molecule has 0 saturated carbocycles. The van der Waals surface area contributed by atoms with Crippen molar-refractivity contribution in [1.29, 1.82) is 0 Å². The molecular weight excluding hydrogens is 625 g/mol. The molecule has 2 aliphatic rings. The predicted molar refractivity (Wildman–Crippen MR) is 211 cm³/mol. The van der Waals surface area contributed by atoms with Crippen molar-refractivity contribution in [3.8, 4) is 44.5 Å². The quantitative estimate of drug-likeness (QED) is 0.189. The zero-order chi connectivity index (χ0) is 34.5. The fourth-order valence-electron chi connectivity index (χ4n) is 7.51. The summed E-state index contributed by atoms with van der Waals surface area (Å²) in [5.74, 6) is 0. The number of aryl methyl sites for hydroxylation is 3. The summed E-state index contributed by atoms with van der Waals surface area (Å²) in [6, 6.07) is 43.6. The third-order valence-corrected chi connectivity index (χ3v) is 9.62. The molecule has 0 N–H and O–H groups in total. The summed E-state index contributed by atoms with van der Waals surface area (Å²) in [5, 5.41) is 0. The molecule has 0 atom stereocenters. The van der Waals surface area contributed by atoms with E-state index in [1.165, 1.54) is 16.7 Å². The van der Waals surface area contributed by atoms with Crippen LogP contribution in [-0.2, 0) is 0 Å². The lowest BCUT2D eigenvalue weighted by Crippen LogP contribution is -1.96. The number of furan rings is 2. The summed E-state index contributed by atoms with van der Waals surface area (Å²) < 4.78 is 13.7. The molecule has 0 amide bonds. The standard InChI is InChI=1S/C47H34N2O2/c1-29-27-30(2)43(31(3)28-29)47-37-21-19-35(48-37)44(32-13-7-4-8-14-32)39-23-25-41(50-39)46(34-17-11-6-12-18-34)42-26-24-40(51-42)45(33-15-9-5-10-16-33)36-20-22-38(47)49-36/h4-28H,1-3H3. The molecule has 5 heterocycles. The fourth-order valence-corrected chi connectivity index (χ4v) is 7.51. The molecular formula is C47H34N2O2. The molecule has 0 unspecified atom stereocenters. The predicted octanol–water partition coefficient (Wildman–Crippen LogP) is 12.8. The Labute approximate surface area is 296 Å². The van der Waals surface area contributed by atoms with Gasteiger partial charge in [-0.25, -0.2) is 9.97 Å². The molecule has 3 aromatic heterocycles. The van der Waals surface area contributed by atoms with E-state index in [-0.39, 0.29) is 0 Å². The Bertz CT molecular complexity index is 2540. The Balaban J connectivity index is 1.50. The summed E-state index contributed by atoms with van der Waals surface area (Å²) in [7, 11) is 0. The lowest BCUT2D eigenvalue weighted by molar-refractivity contribution is 0.656. The lowest BCUT2D eigenvalue weighted by atomic mass is 9.92. The van der Waals surface area contributed by atoms with Crippen molar-refractivity contribution in [3.05, 3.63) is 167 Å². The number of benzene rings is 4. The van der Waals surface area contributed by atoms with Crippen LogP contribution in [0.4, 0.5) is 0 Å². The van der Waals surface area contributed by atoms with Crippen LogP contribution in [-0.4, -0.2) is 9.97 Å². The van der Waals surface area contributed by atoms with Gasteiger partial charge in [0.1, 0.15) is 22.3 Å². The molecule has 9 rings (SSSR count). The molecule has 0 aliphatic carbocycles. The molecule has 7 aromatic rings. The average Bonchev–Trinajstić information content (AvgIpc) is 3.98. The number of fused-ring (bicyclic) bond motifs is 8. The molecule has 4 heteroatoms. The highest BCUT2D eigenvalue weighted by atomic mass is 16.3. The van der Waals surface area contributed by atoms with Crippen LogP contribution in [0.1, 0.15) is 39.5 Å². The average molecular weight is 659 g/mol. The van der Waals surface area contributed by atoms with E-state index >= 15 is 0 Å². The molecule has 0 radical (unpaired) electrons. The Morgan fingerprint density at radius 2 is 0.686 bits per heavy atom. The van der Waals surface area contributed by atoms with E-state index in [4.69, 9.17) is 18.8 Å². The van der Waals surface area contributed by atoms with Crippen molar-refractivity contribution < 1.29 is 8.83 Å². The Kier molecular flexibility index (Phi) is 7.44. The van der Waals surface area contributed by atoms with Crippen LogP contribution in [0.25, 0.3) is 91.1 Å². The second-order valence-electron chi connectivity index (χ2n) is 13.1. The van der Waals surface area contributed by atoms with E-state index in [1.807, 2.05) is 78.9 Å². The smallest absolute Gasteiger partial charge is 0.139 e. The normalized spacial score (nSPS) is 12.1. The second kappa shape index (κ2) is 12.4. The Morgan fingerprint density at radius 3 is 1.08 bits per heavy atom. The zero-order valence-corrected chi connectivity index (χ0v) is 28.6. The van der Waals surface area contributed by atoms with Crippen molar-refractivity contribution >= 4 is 46.6 Å². The lowest BCUT2D eigenvalue weighted by Gasteiger charge is -2.13. The minimum absolute atomic E-state index is 0.706. The van der Waals surface area contributed by atoms with Gasteiger partial charge >= 0.3 is 0 Å². The minimum atomic E-state index is 0.706. The number of rotatable bonds is 4. The van der Waals surface area contributed by atoms with Gasteiger partial charge in [-0.3, -0.25) is 0 Å². The highest BCUT2D eigenvalue weighted by molar-refractivity contribution is 5.98. The van der Waals surface area contributed by atoms with Gasteiger partial charge in [-0.1, -0.05) is 109 Å². The summed E-state index contributed by atoms with van der Waals surface area (Å²) in [4.78, 5) is 10.8. The summed E-state index contributed by atoms with van der Waals surface area (Å²) in [6.07, 6.45) is 8.43. The van der Waals surface area contributed by atoms with Gasteiger partial charge in [0.25, 0.3) is 0 Å². The number of nitrogens with zero attached hydrogens (tertiary/aromatic N) is 2. The molecule has 244 valence electrons. The topological polar surface area (TPSA) is 52.1 Å². The number of aromatic nitrogens is 2. The van der Waals surface area contributed by atoms with Crippen molar-refractivity contribution in [1.82, 2.24) is 9.97 Å². The van der Waals surface area contributed by atoms with E-state index in [9.17, 15) is 0 Å². The Morgan fingerprint density at radius 1 is 0.353 bits per heavy atom. The summed E-state index contributed by atoms with van der Waals surface area (Å²) >= 11 is 0. The van der Waals surface area contributed by atoms with Gasteiger partial charge in [0.2, 0.25) is 0 Å². The third-order valence-electron chi connectivity index (χ3n) is 9.62. The van der Waals surface area contributed by atoms with Gasteiger partial charge in [0.15, 0.2) is 0 Å². The maximum absolute atomic E-state index is 6.85. The van der Waals surface area contributed by atoms with Crippen molar-refractivity contribution in [2.45, 2.75) is 20.8 Å². The second-order valence-corrected chi connectivity index (χ2v) is 13.1. The Hall–Kier alpha value is -6.52. The van der Waals surface area contributed by atoms with E-state index in [0.717, 1.165) is 78.4 Å². The van der Waals surface area contributed by atoms with Crippen LogP contribution in [0.15, 0.2) is 136 Å². The molecule has 2 aliphatic heterocycles. The third kappa shape index (κ3) is 5.42. The van der Waals surface area contributed by atoms with Crippen LogP contribution in [0, 0.1) is 20.8 Å². The monoisotopic (exact) mass is 658 g/mol. The first-order valence-corrected chi connectivity index (χ1v) is 17.2. The molecule has 8 bridgehead atoms. The zero-order valence-electron chi connectivity index (χ0n) is 28.6. The van der Waals surface area contributed by atoms with Gasteiger partial charge in [0.05, 0.1) is 39.5 Å². The van der Waals surface area contributed by atoms with Gasteiger partial charge in [-0.05, 0) is 103 Å². The van der Waals surface area contributed by atoms with E-state index < -0.39 is 0 Å². The van der Waals surface area contributed by atoms with E-state index in [2.05, 4.69) is 93.6 Å². The van der Waals surface area contributed by atoms with Gasteiger partial charge < -0.3 is 8.83 Å². The maximum atomic E-state index is 6.85. The van der Waals surface area contributed by atoms with E-state index in [0.29, 0.717) is 11.2 Å². The minimum Gasteiger partial charge on any atom is -0.456 e. The fraction of sp³-hybridized carbons (Fsp3) is 0.0638. The molecule has 4 nitrogen and oxygen atoms in total. The van der Waals surface area contributed by atoms with Crippen LogP contribution in [0.2, 0.25) is 0 Å². The molecule has 0 fully saturated rings. The first-order chi connectivity index (χ1) is 25.0. The first kappa shape index (κ1) is 30.5.